The SMILES string of the molecule is C[C@@H]1CN(Cc2cc(=O)n(C)c(=O)n2C)CCN1c1nccs1. The molecule has 1 aliphatic heterocycles. The van der Waals surface area contributed by atoms with Crippen molar-refractivity contribution in [3.63, 3.8) is 0 Å². The van der Waals surface area contributed by atoms with Crippen LogP contribution in [-0.2, 0) is 20.6 Å². The van der Waals surface area contributed by atoms with E-state index >= 15 is 0 Å². The Morgan fingerprint density at radius 2 is 2.04 bits per heavy atom. The fourth-order valence-corrected chi connectivity index (χ4v) is 3.75. The van der Waals surface area contributed by atoms with E-state index in [1.165, 1.54) is 7.05 Å². The van der Waals surface area contributed by atoms with Gasteiger partial charge in [0.2, 0.25) is 0 Å². The zero-order valence-electron chi connectivity index (χ0n) is 13.6. The monoisotopic (exact) mass is 335 g/mol. The highest BCUT2D eigenvalue weighted by atomic mass is 32.1. The molecule has 0 radical (unpaired) electrons. The molecule has 23 heavy (non-hydrogen) atoms. The summed E-state index contributed by atoms with van der Waals surface area (Å²) in [7, 11) is 3.22. The number of nitrogens with zero attached hydrogens (tertiary/aromatic N) is 5. The molecule has 1 aliphatic rings. The summed E-state index contributed by atoms with van der Waals surface area (Å²) >= 11 is 1.65. The highest BCUT2D eigenvalue weighted by Gasteiger charge is 2.25. The average molecular weight is 335 g/mol. The van der Waals surface area contributed by atoms with Gasteiger partial charge in [0.05, 0.1) is 0 Å². The average Bonchev–Trinajstić information content (AvgIpc) is 3.05. The molecule has 8 heteroatoms. The predicted octanol–water partition coefficient (Wildman–Crippen LogP) is 0.251. The number of hydrogen-bond donors (Lipinski definition) is 0. The normalized spacial score (nSPS) is 19.3. The molecular weight excluding hydrogens is 314 g/mol. The van der Waals surface area contributed by atoms with Crippen LogP contribution in [0.3, 0.4) is 0 Å². The molecule has 7 nitrogen and oxygen atoms in total. The van der Waals surface area contributed by atoms with Crippen molar-refractivity contribution in [1.29, 1.82) is 0 Å². The summed E-state index contributed by atoms with van der Waals surface area (Å²) in [5.41, 5.74) is 0.229. The fraction of sp³-hybridized carbons (Fsp3) is 0.533. The van der Waals surface area contributed by atoms with Crippen LogP contribution in [0.2, 0.25) is 0 Å². The van der Waals surface area contributed by atoms with Crippen LogP contribution >= 0.6 is 11.3 Å². The number of thiazole rings is 1. The summed E-state index contributed by atoms with van der Waals surface area (Å²) in [6.45, 7) is 5.44. The first-order valence-electron chi connectivity index (χ1n) is 7.62. The Balaban J connectivity index is 1.74. The van der Waals surface area contributed by atoms with E-state index in [2.05, 4.69) is 21.7 Å². The lowest BCUT2D eigenvalue weighted by Gasteiger charge is -2.39. The first-order chi connectivity index (χ1) is 11.0. The quantitative estimate of drug-likeness (QED) is 0.805. The zero-order chi connectivity index (χ0) is 16.6. The molecule has 0 aromatic carbocycles. The highest BCUT2D eigenvalue weighted by molar-refractivity contribution is 7.13. The van der Waals surface area contributed by atoms with E-state index in [0.29, 0.717) is 12.6 Å². The van der Waals surface area contributed by atoms with Crippen molar-refractivity contribution in [2.75, 3.05) is 24.5 Å². The lowest BCUT2D eigenvalue weighted by Crippen LogP contribution is -2.52. The van der Waals surface area contributed by atoms with E-state index in [9.17, 15) is 9.59 Å². The zero-order valence-corrected chi connectivity index (χ0v) is 14.4. The summed E-state index contributed by atoms with van der Waals surface area (Å²) in [5, 5.41) is 3.04. The Morgan fingerprint density at radius 1 is 1.26 bits per heavy atom. The number of piperazine rings is 1. The Hall–Kier alpha value is -1.93. The number of aromatic nitrogens is 3. The third-order valence-corrected chi connectivity index (χ3v) is 5.20. The molecule has 0 spiro atoms. The van der Waals surface area contributed by atoms with Crippen LogP contribution in [0.1, 0.15) is 12.6 Å². The maximum absolute atomic E-state index is 12.0. The molecule has 2 aromatic rings. The van der Waals surface area contributed by atoms with Gasteiger partial charge in [-0.05, 0) is 6.92 Å². The minimum absolute atomic E-state index is 0.252. The molecule has 2 aromatic heterocycles. The topological polar surface area (TPSA) is 63.4 Å². The standard InChI is InChI=1S/C15H21N5O2S/c1-11-9-19(5-6-20(11)14-16-4-7-23-14)10-12-8-13(21)18(3)15(22)17(12)2/h4,7-8,11H,5-6,9-10H2,1-3H3/t11-/m1/s1. The van der Waals surface area contributed by atoms with Gasteiger partial charge in [-0.3, -0.25) is 18.8 Å². The van der Waals surface area contributed by atoms with Crippen molar-refractivity contribution in [1.82, 2.24) is 19.0 Å². The molecule has 1 saturated heterocycles. The van der Waals surface area contributed by atoms with E-state index < -0.39 is 0 Å². The van der Waals surface area contributed by atoms with E-state index in [1.807, 2.05) is 11.6 Å². The van der Waals surface area contributed by atoms with Crippen molar-refractivity contribution in [2.24, 2.45) is 14.1 Å². The largest absolute Gasteiger partial charge is 0.343 e. The van der Waals surface area contributed by atoms with Crippen molar-refractivity contribution in [3.05, 3.63) is 44.2 Å². The predicted molar refractivity (Wildman–Crippen MR) is 91.1 cm³/mol. The van der Waals surface area contributed by atoms with Crippen LogP contribution < -0.4 is 16.1 Å². The van der Waals surface area contributed by atoms with E-state index in [4.69, 9.17) is 0 Å². The minimum atomic E-state index is -0.276. The number of rotatable bonds is 3. The molecular formula is C15H21N5O2S. The van der Waals surface area contributed by atoms with Gasteiger partial charge >= 0.3 is 5.69 Å². The Labute approximate surface area is 138 Å². The number of hydrogen-bond acceptors (Lipinski definition) is 6. The third-order valence-electron chi connectivity index (χ3n) is 4.39. The molecule has 1 fully saturated rings. The van der Waals surface area contributed by atoms with Gasteiger partial charge in [-0.25, -0.2) is 9.78 Å². The van der Waals surface area contributed by atoms with Gasteiger partial charge in [0.25, 0.3) is 5.56 Å². The molecule has 0 amide bonds. The molecule has 0 bridgehead atoms. The van der Waals surface area contributed by atoms with Crippen LogP contribution in [0.5, 0.6) is 0 Å². The van der Waals surface area contributed by atoms with Crippen molar-refractivity contribution in [2.45, 2.75) is 19.5 Å². The van der Waals surface area contributed by atoms with Crippen LogP contribution in [-0.4, -0.2) is 44.7 Å². The molecule has 1 atom stereocenters. The second-order valence-corrected chi connectivity index (χ2v) is 6.84. The summed E-state index contributed by atoms with van der Waals surface area (Å²) in [4.78, 5) is 32.8. The lowest BCUT2D eigenvalue weighted by atomic mass is 10.2. The molecule has 0 unspecified atom stereocenters. The van der Waals surface area contributed by atoms with Crippen LogP contribution in [0.4, 0.5) is 5.13 Å². The minimum Gasteiger partial charge on any atom is -0.343 e. The van der Waals surface area contributed by atoms with E-state index in [1.54, 1.807) is 29.0 Å². The molecule has 3 heterocycles. The van der Waals surface area contributed by atoms with Crippen LogP contribution in [0.25, 0.3) is 0 Å². The molecule has 0 aliphatic carbocycles. The van der Waals surface area contributed by atoms with Gasteiger partial charge in [-0.15, -0.1) is 11.3 Å². The van der Waals surface area contributed by atoms with Crippen molar-refractivity contribution in [3.8, 4) is 0 Å². The fourth-order valence-electron chi connectivity index (χ4n) is 2.98. The summed E-state index contributed by atoms with van der Waals surface area (Å²) < 4.78 is 2.69. The number of anilines is 1. The maximum Gasteiger partial charge on any atom is 0.330 e. The Bertz CT molecular complexity index is 795. The second-order valence-electron chi connectivity index (χ2n) is 5.97. The molecule has 3 rings (SSSR count). The van der Waals surface area contributed by atoms with E-state index in [-0.39, 0.29) is 11.2 Å². The molecule has 0 N–H and O–H groups in total. The summed E-state index contributed by atoms with van der Waals surface area (Å²) in [5.74, 6) is 0. The van der Waals surface area contributed by atoms with Crippen LogP contribution in [0.15, 0.2) is 27.2 Å². The lowest BCUT2D eigenvalue weighted by molar-refractivity contribution is 0.215. The molecule has 124 valence electrons. The maximum atomic E-state index is 12.0. The van der Waals surface area contributed by atoms with Crippen molar-refractivity contribution >= 4 is 16.5 Å². The summed E-state index contributed by atoms with van der Waals surface area (Å²) in [6.07, 6.45) is 1.83. The van der Waals surface area contributed by atoms with Gasteiger partial charge in [-0.2, -0.15) is 0 Å². The Kier molecular flexibility index (Phi) is 4.36. The molecule has 0 saturated carbocycles. The smallest absolute Gasteiger partial charge is 0.330 e. The van der Waals surface area contributed by atoms with Crippen molar-refractivity contribution < 1.29 is 0 Å². The van der Waals surface area contributed by atoms with Gasteiger partial charge in [-0.1, -0.05) is 0 Å². The van der Waals surface area contributed by atoms with Crippen LogP contribution in [0, 0.1) is 0 Å². The highest BCUT2D eigenvalue weighted by Crippen LogP contribution is 2.23. The van der Waals surface area contributed by atoms with Gasteiger partial charge < -0.3 is 4.90 Å². The third kappa shape index (κ3) is 3.09. The van der Waals surface area contributed by atoms with Gasteiger partial charge in [0.15, 0.2) is 5.13 Å². The summed E-state index contributed by atoms with van der Waals surface area (Å²) in [6, 6.07) is 1.90. The van der Waals surface area contributed by atoms with Gasteiger partial charge in [0.1, 0.15) is 0 Å². The first kappa shape index (κ1) is 15.9. The Morgan fingerprint density at radius 3 is 2.70 bits per heavy atom. The first-order valence-corrected chi connectivity index (χ1v) is 8.49. The van der Waals surface area contributed by atoms with Gasteiger partial charge in [0, 0.05) is 69.7 Å². The van der Waals surface area contributed by atoms with E-state index in [0.717, 1.165) is 35.0 Å². The second kappa shape index (κ2) is 6.29.